The van der Waals surface area contributed by atoms with Crippen LogP contribution in [0.5, 0.6) is 11.5 Å². The molecule has 24 heavy (non-hydrogen) atoms. The van der Waals surface area contributed by atoms with Crippen LogP contribution in [0.3, 0.4) is 0 Å². The zero-order valence-electron chi connectivity index (χ0n) is 13.5. The fraction of sp³-hybridized carbons (Fsp3) is 0.316. The van der Waals surface area contributed by atoms with Crippen LogP contribution in [0.4, 0.5) is 0 Å². The maximum Gasteiger partial charge on any atom is 0.220 e. The number of nitrogens with one attached hydrogen (secondary N) is 1. The number of ether oxygens (including phenoxy) is 1. The van der Waals surface area contributed by atoms with E-state index in [9.17, 15) is 9.90 Å². The summed E-state index contributed by atoms with van der Waals surface area (Å²) in [4.78, 5) is 11.8. The molecule has 2 rings (SSSR count). The largest absolute Gasteiger partial charge is 0.508 e. The van der Waals surface area contributed by atoms with Crippen molar-refractivity contribution in [3.63, 3.8) is 0 Å². The second kappa shape index (κ2) is 9.98. The molecule has 2 aromatic rings. The average Bonchev–Trinajstić information content (AvgIpc) is 2.58. The lowest BCUT2D eigenvalue weighted by Crippen LogP contribution is -2.24. The first-order valence-corrected chi connectivity index (χ1v) is 8.86. The van der Waals surface area contributed by atoms with Gasteiger partial charge in [0.05, 0.1) is 11.1 Å². The second-order valence-electron chi connectivity index (χ2n) is 5.50. The van der Waals surface area contributed by atoms with Gasteiger partial charge in [0.1, 0.15) is 11.5 Å². The van der Waals surface area contributed by atoms with E-state index in [1.165, 1.54) is 0 Å². The van der Waals surface area contributed by atoms with Gasteiger partial charge in [0.15, 0.2) is 0 Å². The molecule has 2 N–H and O–H groups in total. The minimum atomic E-state index is 0.0523. The minimum absolute atomic E-state index is 0.0523. The highest BCUT2D eigenvalue weighted by Gasteiger charge is 2.03. The van der Waals surface area contributed by atoms with Crippen LogP contribution in [0.1, 0.15) is 24.8 Å². The molecule has 0 spiro atoms. The lowest BCUT2D eigenvalue weighted by atomic mass is 10.1. The standard InChI is InChI=1S/C19H22BrNO3/c20-17-6-1-2-7-18(17)24-14-4-8-19(23)21-13-3-5-15-9-11-16(22)12-10-15/h1-2,6-7,9-12,22H,3-5,8,13-14H2,(H,21,23). The topological polar surface area (TPSA) is 58.6 Å². The third-order valence-electron chi connectivity index (χ3n) is 3.54. The Morgan fingerprint density at radius 1 is 1.08 bits per heavy atom. The van der Waals surface area contributed by atoms with E-state index in [0.29, 0.717) is 26.0 Å². The Kier molecular flexibility index (Phi) is 7.62. The number of phenolic OH excluding ortho intramolecular Hbond substituents is 1. The van der Waals surface area contributed by atoms with Gasteiger partial charge in [-0.15, -0.1) is 0 Å². The molecule has 0 saturated heterocycles. The summed E-state index contributed by atoms with van der Waals surface area (Å²) in [5.41, 5.74) is 1.16. The molecule has 0 fully saturated rings. The van der Waals surface area contributed by atoms with Gasteiger partial charge in [-0.25, -0.2) is 0 Å². The van der Waals surface area contributed by atoms with Crippen molar-refractivity contribution < 1.29 is 14.6 Å². The Morgan fingerprint density at radius 3 is 2.58 bits per heavy atom. The molecule has 0 saturated carbocycles. The smallest absolute Gasteiger partial charge is 0.220 e. The lowest BCUT2D eigenvalue weighted by molar-refractivity contribution is -0.121. The first-order valence-electron chi connectivity index (χ1n) is 8.07. The molecule has 1 amide bonds. The summed E-state index contributed by atoms with van der Waals surface area (Å²) in [7, 11) is 0. The van der Waals surface area contributed by atoms with Crippen molar-refractivity contribution in [1.29, 1.82) is 0 Å². The number of hydrogen-bond acceptors (Lipinski definition) is 3. The van der Waals surface area contributed by atoms with Crippen LogP contribution in [-0.4, -0.2) is 24.2 Å². The van der Waals surface area contributed by atoms with Crippen LogP contribution in [-0.2, 0) is 11.2 Å². The monoisotopic (exact) mass is 391 g/mol. The van der Waals surface area contributed by atoms with Crippen LogP contribution in [0.25, 0.3) is 0 Å². The van der Waals surface area contributed by atoms with E-state index in [0.717, 1.165) is 28.6 Å². The van der Waals surface area contributed by atoms with E-state index >= 15 is 0 Å². The Bertz CT molecular complexity index is 643. The molecule has 128 valence electrons. The molecule has 0 aliphatic rings. The number of rotatable bonds is 9. The average molecular weight is 392 g/mol. The summed E-state index contributed by atoms with van der Waals surface area (Å²) in [5, 5.41) is 12.1. The Morgan fingerprint density at radius 2 is 1.83 bits per heavy atom. The Hall–Kier alpha value is -2.01. The van der Waals surface area contributed by atoms with Gasteiger partial charge in [0.2, 0.25) is 5.91 Å². The predicted octanol–water partition coefficient (Wildman–Crippen LogP) is 4.06. The van der Waals surface area contributed by atoms with E-state index < -0.39 is 0 Å². The fourth-order valence-corrected chi connectivity index (χ4v) is 2.65. The van der Waals surface area contributed by atoms with Gasteiger partial charge < -0.3 is 15.2 Å². The fourth-order valence-electron chi connectivity index (χ4n) is 2.25. The van der Waals surface area contributed by atoms with Gasteiger partial charge in [-0.05, 0) is 65.0 Å². The summed E-state index contributed by atoms with van der Waals surface area (Å²) in [6.07, 6.45) is 2.91. The van der Waals surface area contributed by atoms with Crippen molar-refractivity contribution in [2.45, 2.75) is 25.7 Å². The number of benzene rings is 2. The van der Waals surface area contributed by atoms with Crippen molar-refractivity contribution >= 4 is 21.8 Å². The molecule has 0 aliphatic carbocycles. The van der Waals surface area contributed by atoms with Crippen molar-refractivity contribution in [2.75, 3.05) is 13.2 Å². The third-order valence-corrected chi connectivity index (χ3v) is 4.20. The van der Waals surface area contributed by atoms with E-state index in [2.05, 4.69) is 21.2 Å². The molecule has 0 aliphatic heterocycles. The number of phenols is 1. The van der Waals surface area contributed by atoms with Crippen LogP contribution < -0.4 is 10.1 Å². The quantitative estimate of drug-likeness (QED) is 0.633. The molecule has 2 aromatic carbocycles. The summed E-state index contributed by atoms with van der Waals surface area (Å²) >= 11 is 3.42. The van der Waals surface area contributed by atoms with Crippen molar-refractivity contribution in [3.05, 3.63) is 58.6 Å². The predicted molar refractivity (Wildman–Crippen MR) is 98.3 cm³/mol. The van der Waals surface area contributed by atoms with Crippen LogP contribution in [0.2, 0.25) is 0 Å². The van der Waals surface area contributed by atoms with Gasteiger partial charge in [-0.3, -0.25) is 4.79 Å². The number of aryl methyl sites for hydroxylation is 1. The summed E-state index contributed by atoms with van der Waals surface area (Å²) in [5.74, 6) is 1.13. The molecule has 0 atom stereocenters. The normalized spacial score (nSPS) is 10.4. The van der Waals surface area contributed by atoms with Gasteiger partial charge in [0, 0.05) is 13.0 Å². The molecule has 4 nitrogen and oxygen atoms in total. The molecule has 0 radical (unpaired) electrons. The first-order chi connectivity index (χ1) is 11.6. The minimum Gasteiger partial charge on any atom is -0.508 e. The second-order valence-corrected chi connectivity index (χ2v) is 6.36. The van der Waals surface area contributed by atoms with E-state index in [-0.39, 0.29) is 11.7 Å². The zero-order chi connectivity index (χ0) is 17.2. The van der Waals surface area contributed by atoms with Crippen molar-refractivity contribution in [1.82, 2.24) is 5.32 Å². The maximum absolute atomic E-state index is 11.8. The molecule has 0 bridgehead atoms. The molecular formula is C19H22BrNO3. The Labute approximate surface area is 151 Å². The van der Waals surface area contributed by atoms with Crippen molar-refractivity contribution in [2.24, 2.45) is 0 Å². The van der Waals surface area contributed by atoms with Crippen LogP contribution >= 0.6 is 15.9 Å². The number of para-hydroxylation sites is 1. The van der Waals surface area contributed by atoms with Gasteiger partial charge >= 0.3 is 0 Å². The highest BCUT2D eigenvalue weighted by atomic mass is 79.9. The highest BCUT2D eigenvalue weighted by molar-refractivity contribution is 9.10. The number of hydrogen-bond donors (Lipinski definition) is 2. The molecular weight excluding hydrogens is 370 g/mol. The number of halogens is 1. The van der Waals surface area contributed by atoms with Gasteiger partial charge in [0.25, 0.3) is 0 Å². The van der Waals surface area contributed by atoms with E-state index in [4.69, 9.17) is 4.74 Å². The number of carbonyl (C=O) groups is 1. The maximum atomic E-state index is 11.8. The highest BCUT2D eigenvalue weighted by Crippen LogP contribution is 2.23. The third kappa shape index (κ3) is 6.62. The van der Waals surface area contributed by atoms with Crippen molar-refractivity contribution in [3.8, 4) is 11.5 Å². The van der Waals surface area contributed by atoms with Crippen LogP contribution in [0.15, 0.2) is 53.0 Å². The number of carbonyl (C=O) groups excluding carboxylic acids is 1. The summed E-state index contributed by atoms with van der Waals surface area (Å²) < 4.78 is 6.55. The summed E-state index contributed by atoms with van der Waals surface area (Å²) in [6, 6.07) is 14.8. The Balaban J connectivity index is 1.53. The van der Waals surface area contributed by atoms with E-state index in [1.54, 1.807) is 12.1 Å². The van der Waals surface area contributed by atoms with E-state index in [1.807, 2.05) is 36.4 Å². The lowest BCUT2D eigenvalue weighted by Gasteiger charge is -2.08. The number of amides is 1. The summed E-state index contributed by atoms with van der Waals surface area (Å²) in [6.45, 7) is 1.17. The zero-order valence-corrected chi connectivity index (χ0v) is 15.1. The van der Waals surface area contributed by atoms with Crippen LogP contribution in [0, 0.1) is 0 Å². The number of aromatic hydroxyl groups is 1. The molecule has 0 heterocycles. The molecule has 5 heteroatoms. The van der Waals surface area contributed by atoms with Gasteiger partial charge in [-0.2, -0.15) is 0 Å². The molecule has 0 aromatic heterocycles. The SMILES string of the molecule is O=C(CCCOc1ccccc1Br)NCCCc1ccc(O)cc1. The first kappa shape index (κ1) is 18.3. The van der Waals surface area contributed by atoms with Gasteiger partial charge in [-0.1, -0.05) is 24.3 Å². The molecule has 0 unspecified atom stereocenters.